The Balaban J connectivity index is 3.55. The average molecular weight is 330 g/mol. The van der Waals surface area contributed by atoms with Gasteiger partial charge >= 0.3 is 11.9 Å². The van der Waals surface area contributed by atoms with Crippen molar-refractivity contribution in [2.45, 2.75) is 25.7 Å². The summed E-state index contributed by atoms with van der Waals surface area (Å²) in [5, 5.41) is 0. The van der Waals surface area contributed by atoms with Crippen molar-refractivity contribution >= 4 is 34.1 Å². The van der Waals surface area contributed by atoms with Crippen LogP contribution >= 0.6 is 0 Å². The summed E-state index contributed by atoms with van der Waals surface area (Å²) in [6.07, 6.45) is 1.08. The molecular formula is C10H18O8S2. The van der Waals surface area contributed by atoms with Gasteiger partial charge in [-0.3, -0.25) is 18.0 Å². The van der Waals surface area contributed by atoms with Crippen molar-refractivity contribution in [3.05, 3.63) is 0 Å². The first-order valence-electron chi connectivity index (χ1n) is 5.66. The Kier molecular flexibility index (Phi) is 11.4. The van der Waals surface area contributed by atoms with E-state index in [4.69, 9.17) is 0 Å². The monoisotopic (exact) mass is 330 g/mol. The van der Waals surface area contributed by atoms with Crippen LogP contribution in [0.3, 0.4) is 0 Å². The minimum atomic E-state index is -1.63. The number of carbonyl (C=O) groups is 2. The van der Waals surface area contributed by atoms with Crippen LogP contribution in [0.1, 0.15) is 25.7 Å². The van der Waals surface area contributed by atoms with E-state index in [1.165, 1.54) is 14.2 Å². The van der Waals surface area contributed by atoms with E-state index >= 15 is 0 Å². The van der Waals surface area contributed by atoms with Crippen LogP contribution in [-0.4, -0.2) is 46.5 Å². The molecule has 0 aliphatic heterocycles. The zero-order valence-electron chi connectivity index (χ0n) is 11.3. The molecule has 20 heavy (non-hydrogen) atoms. The summed E-state index contributed by atoms with van der Waals surface area (Å²) in [4.78, 5) is 22.4. The molecule has 0 spiro atoms. The normalized spacial score (nSPS) is 13.5. The van der Waals surface area contributed by atoms with E-state index < -0.39 is 34.1 Å². The van der Waals surface area contributed by atoms with E-state index in [0.717, 1.165) is 0 Å². The Bertz CT molecular complexity index is 323. The van der Waals surface area contributed by atoms with Gasteiger partial charge in [0.2, 0.25) is 0 Å². The van der Waals surface area contributed by atoms with Crippen molar-refractivity contribution in [2.24, 2.45) is 0 Å². The molecule has 10 heteroatoms. The lowest BCUT2D eigenvalue weighted by Gasteiger charge is -2.04. The van der Waals surface area contributed by atoms with Gasteiger partial charge in [-0.25, -0.2) is 8.42 Å². The summed E-state index contributed by atoms with van der Waals surface area (Å²) >= 11 is -3.26. The second-order valence-electron chi connectivity index (χ2n) is 3.42. The number of carbonyl (C=O) groups excluding carboxylic acids is 2. The molecule has 0 radical (unpaired) electrons. The third kappa shape index (κ3) is 11.0. The zero-order valence-corrected chi connectivity index (χ0v) is 13.0. The van der Waals surface area contributed by atoms with E-state index in [-0.39, 0.29) is 24.7 Å². The summed E-state index contributed by atoms with van der Waals surface area (Å²) in [5.74, 6) is -1.63. The quantitative estimate of drug-likeness (QED) is 0.390. The molecule has 118 valence electrons. The lowest BCUT2D eigenvalue weighted by atomic mass is 10.2. The highest BCUT2D eigenvalue weighted by atomic mass is 32.2. The lowest BCUT2D eigenvalue weighted by Crippen LogP contribution is -2.12. The standard InChI is InChI=1S/C10H18O8S2/c1-15-19(13)7-17-9(11)5-3-4-6-10(12)18-8-20(14)16-2/h3-8H2,1-2H3. The highest BCUT2D eigenvalue weighted by Crippen LogP contribution is 2.03. The number of esters is 2. The Hall–Kier alpha value is -0.840. The van der Waals surface area contributed by atoms with Crippen LogP contribution in [0.4, 0.5) is 0 Å². The van der Waals surface area contributed by atoms with Crippen molar-refractivity contribution in [1.29, 1.82) is 0 Å². The van der Waals surface area contributed by atoms with Crippen LogP contribution in [-0.2, 0) is 49.6 Å². The van der Waals surface area contributed by atoms with E-state index in [0.29, 0.717) is 12.8 Å². The van der Waals surface area contributed by atoms with Crippen molar-refractivity contribution in [3.8, 4) is 0 Å². The molecule has 0 N–H and O–H groups in total. The van der Waals surface area contributed by atoms with Gasteiger partial charge in [-0.05, 0) is 12.8 Å². The van der Waals surface area contributed by atoms with Gasteiger partial charge in [-0.2, -0.15) is 0 Å². The van der Waals surface area contributed by atoms with E-state index in [1.807, 2.05) is 0 Å². The minimum Gasteiger partial charge on any atom is -0.449 e. The van der Waals surface area contributed by atoms with E-state index in [9.17, 15) is 18.0 Å². The number of ether oxygens (including phenoxy) is 2. The van der Waals surface area contributed by atoms with Crippen molar-refractivity contribution in [3.63, 3.8) is 0 Å². The van der Waals surface area contributed by atoms with Crippen molar-refractivity contribution in [1.82, 2.24) is 0 Å². The van der Waals surface area contributed by atoms with Crippen molar-refractivity contribution in [2.75, 3.05) is 26.1 Å². The smallest absolute Gasteiger partial charge is 0.306 e. The summed E-state index contributed by atoms with van der Waals surface area (Å²) in [7, 11) is 2.48. The zero-order chi connectivity index (χ0) is 15.4. The maximum absolute atomic E-state index is 11.2. The molecule has 8 nitrogen and oxygen atoms in total. The van der Waals surface area contributed by atoms with E-state index in [2.05, 4.69) is 17.8 Å². The van der Waals surface area contributed by atoms with Crippen LogP contribution < -0.4 is 0 Å². The number of unbranched alkanes of at least 4 members (excludes halogenated alkanes) is 1. The van der Waals surface area contributed by atoms with E-state index in [1.54, 1.807) is 0 Å². The van der Waals surface area contributed by atoms with Crippen LogP contribution in [0.25, 0.3) is 0 Å². The largest absolute Gasteiger partial charge is 0.449 e. The summed E-state index contributed by atoms with van der Waals surface area (Å²) in [6.45, 7) is 0. The maximum Gasteiger partial charge on any atom is 0.306 e. The number of hydrogen-bond donors (Lipinski definition) is 0. The molecule has 0 aliphatic carbocycles. The van der Waals surface area contributed by atoms with Crippen LogP contribution in [0, 0.1) is 0 Å². The predicted octanol–water partition coefficient (Wildman–Crippen LogP) is 0.168. The van der Waals surface area contributed by atoms with Gasteiger partial charge in [0.25, 0.3) is 0 Å². The third-order valence-corrected chi connectivity index (χ3v) is 3.38. The molecule has 0 aromatic carbocycles. The van der Waals surface area contributed by atoms with Crippen LogP contribution in [0.15, 0.2) is 0 Å². The summed E-state index contributed by atoms with van der Waals surface area (Å²) in [6, 6.07) is 0. The van der Waals surface area contributed by atoms with Gasteiger partial charge in [0.05, 0.1) is 14.2 Å². The highest BCUT2D eigenvalue weighted by molar-refractivity contribution is 7.80. The molecule has 0 rings (SSSR count). The second kappa shape index (κ2) is 11.9. The lowest BCUT2D eigenvalue weighted by molar-refractivity contribution is -0.143. The third-order valence-electron chi connectivity index (χ3n) is 2.02. The van der Waals surface area contributed by atoms with Crippen LogP contribution in [0.5, 0.6) is 0 Å². The molecule has 0 bridgehead atoms. The molecule has 0 heterocycles. The Morgan fingerprint density at radius 2 is 1.15 bits per heavy atom. The molecule has 0 amide bonds. The molecule has 2 atom stereocenters. The SMILES string of the molecule is COS(=O)COC(=O)CCCCC(=O)OCS(=O)OC. The van der Waals surface area contributed by atoms with Gasteiger partial charge in [0.1, 0.15) is 0 Å². The highest BCUT2D eigenvalue weighted by Gasteiger charge is 2.08. The maximum atomic E-state index is 11.2. The second-order valence-corrected chi connectivity index (χ2v) is 5.77. The Morgan fingerprint density at radius 3 is 1.45 bits per heavy atom. The Labute approximate surface area is 122 Å². The Morgan fingerprint density at radius 1 is 0.800 bits per heavy atom. The molecule has 0 fully saturated rings. The van der Waals surface area contributed by atoms with Gasteiger partial charge in [-0.15, -0.1) is 0 Å². The van der Waals surface area contributed by atoms with Gasteiger partial charge < -0.3 is 9.47 Å². The van der Waals surface area contributed by atoms with Gasteiger partial charge in [-0.1, -0.05) is 0 Å². The number of hydrogen-bond acceptors (Lipinski definition) is 8. The summed E-state index contributed by atoms with van der Waals surface area (Å²) < 4.78 is 39.7. The first-order chi connectivity index (χ1) is 9.49. The van der Waals surface area contributed by atoms with Crippen molar-refractivity contribution < 1.29 is 35.8 Å². The molecule has 2 unspecified atom stereocenters. The molecule has 0 saturated heterocycles. The minimum absolute atomic E-state index is 0.109. The molecule has 0 aromatic rings. The topological polar surface area (TPSA) is 105 Å². The first-order valence-corrected chi connectivity index (χ1v) is 8.15. The summed E-state index contributed by atoms with van der Waals surface area (Å²) in [5.41, 5.74) is 0. The molecule has 0 aromatic heterocycles. The van der Waals surface area contributed by atoms with Crippen LogP contribution in [0.2, 0.25) is 0 Å². The fourth-order valence-corrected chi connectivity index (χ4v) is 1.65. The average Bonchev–Trinajstić information content (AvgIpc) is 2.46. The van der Waals surface area contributed by atoms with Gasteiger partial charge in [0, 0.05) is 12.8 Å². The fraction of sp³-hybridized carbons (Fsp3) is 0.800. The molecule has 0 saturated carbocycles. The number of rotatable bonds is 11. The fourth-order valence-electron chi connectivity index (χ4n) is 1.01. The molecular weight excluding hydrogens is 312 g/mol. The first kappa shape index (κ1) is 19.2. The predicted molar refractivity (Wildman–Crippen MR) is 70.7 cm³/mol. The molecule has 0 aliphatic rings. The van der Waals surface area contributed by atoms with Gasteiger partial charge in [0.15, 0.2) is 34.0 Å².